The van der Waals surface area contributed by atoms with Gasteiger partial charge in [-0.05, 0) is 40.2 Å². The van der Waals surface area contributed by atoms with E-state index in [9.17, 15) is 8.42 Å². The minimum atomic E-state index is -3.62. The summed E-state index contributed by atoms with van der Waals surface area (Å²) >= 11 is 3.19. The summed E-state index contributed by atoms with van der Waals surface area (Å²) in [5, 5.41) is -0.0210. The fraction of sp³-hybridized carbons (Fsp3) is 0. The van der Waals surface area contributed by atoms with Crippen LogP contribution in [-0.2, 0) is 9.84 Å². The Balaban J connectivity index is 2.50. The summed E-state index contributed by atoms with van der Waals surface area (Å²) in [6.45, 7) is 0. The van der Waals surface area contributed by atoms with Crippen molar-refractivity contribution in [1.29, 1.82) is 0 Å². The van der Waals surface area contributed by atoms with Crippen molar-refractivity contribution in [2.75, 3.05) is 5.73 Å². The lowest BCUT2D eigenvalue weighted by Gasteiger charge is -2.03. The molecule has 5 nitrogen and oxygen atoms in total. The minimum absolute atomic E-state index is 0.0210. The zero-order chi connectivity index (χ0) is 12.5. The molecule has 0 aliphatic heterocycles. The van der Waals surface area contributed by atoms with Crippen molar-refractivity contribution in [1.82, 2.24) is 9.97 Å². The predicted molar refractivity (Wildman–Crippen MR) is 66.0 cm³/mol. The average molecular weight is 314 g/mol. The largest absolute Gasteiger partial charge is 0.384 e. The Labute approximate surface area is 107 Å². The van der Waals surface area contributed by atoms with E-state index in [2.05, 4.69) is 25.9 Å². The minimum Gasteiger partial charge on any atom is -0.384 e. The number of halogens is 1. The third kappa shape index (κ3) is 2.45. The van der Waals surface area contributed by atoms with E-state index in [4.69, 9.17) is 5.73 Å². The number of nitrogens with zero attached hydrogens (tertiary/aromatic N) is 2. The average Bonchev–Trinajstić information content (AvgIpc) is 2.30. The van der Waals surface area contributed by atoms with Gasteiger partial charge in [0.15, 0.2) is 5.03 Å². The molecule has 0 aliphatic rings. The number of sulfone groups is 1. The highest BCUT2D eigenvalue weighted by molar-refractivity contribution is 9.10. The molecule has 0 saturated carbocycles. The van der Waals surface area contributed by atoms with Crippen LogP contribution in [0.15, 0.2) is 51.1 Å². The van der Waals surface area contributed by atoms with Gasteiger partial charge in [-0.25, -0.2) is 18.4 Å². The van der Waals surface area contributed by atoms with E-state index in [0.717, 1.165) is 0 Å². The Morgan fingerprint density at radius 1 is 1.06 bits per heavy atom. The number of hydrogen-bond donors (Lipinski definition) is 1. The molecule has 2 rings (SSSR count). The molecule has 2 N–H and O–H groups in total. The van der Waals surface area contributed by atoms with E-state index in [1.165, 1.54) is 30.6 Å². The van der Waals surface area contributed by atoms with Gasteiger partial charge in [0.05, 0.1) is 4.90 Å². The van der Waals surface area contributed by atoms with Crippen molar-refractivity contribution < 1.29 is 8.42 Å². The number of nitrogen functional groups attached to an aromatic ring is 1. The van der Waals surface area contributed by atoms with Gasteiger partial charge in [-0.15, -0.1) is 0 Å². The van der Waals surface area contributed by atoms with E-state index in [0.29, 0.717) is 4.47 Å². The molecule has 0 spiro atoms. The monoisotopic (exact) mass is 313 g/mol. The highest BCUT2D eigenvalue weighted by Crippen LogP contribution is 2.19. The number of aromatic nitrogens is 2. The summed E-state index contributed by atoms with van der Waals surface area (Å²) in [5.74, 6) is 0.271. The van der Waals surface area contributed by atoms with Gasteiger partial charge in [-0.2, -0.15) is 0 Å². The van der Waals surface area contributed by atoms with Crippen molar-refractivity contribution in [2.45, 2.75) is 9.92 Å². The Kier molecular flexibility index (Phi) is 3.12. The summed E-state index contributed by atoms with van der Waals surface area (Å²) in [6.07, 6.45) is 2.64. The van der Waals surface area contributed by atoms with Crippen LogP contribution < -0.4 is 5.73 Å². The SMILES string of the molecule is Nc1ccc(S(=O)(=O)c2ccc(Br)cn2)cn1. The van der Waals surface area contributed by atoms with Crippen LogP contribution in [0.3, 0.4) is 0 Å². The highest BCUT2D eigenvalue weighted by Gasteiger charge is 2.19. The zero-order valence-corrected chi connectivity index (χ0v) is 10.9. The maximum Gasteiger partial charge on any atom is 0.225 e. The molecule has 0 atom stereocenters. The lowest BCUT2D eigenvalue weighted by Crippen LogP contribution is -2.05. The van der Waals surface area contributed by atoms with Gasteiger partial charge in [0.2, 0.25) is 9.84 Å². The van der Waals surface area contributed by atoms with Crippen molar-refractivity contribution in [3.05, 3.63) is 41.1 Å². The summed E-state index contributed by atoms with van der Waals surface area (Å²) in [4.78, 5) is 7.68. The molecule has 0 aliphatic carbocycles. The van der Waals surface area contributed by atoms with Gasteiger partial charge in [0, 0.05) is 16.9 Å². The van der Waals surface area contributed by atoms with Gasteiger partial charge in [-0.1, -0.05) is 0 Å². The second kappa shape index (κ2) is 4.42. The van der Waals surface area contributed by atoms with Gasteiger partial charge >= 0.3 is 0 Å². The number of rotatable bonds is 2. The standard InChI is InChI=1S/C10H8BrN3O2S/c11-7-1-4-10(14-5-7)17(15,16)8-2-3-9(12)13-6-8/h1-6H,(H2,12,13). The molecule has 0 bridgehead atoms. The maximum absolute atomic E-state index is 12.1. The molecule has 7 heteroatoms. The Morgan fingerprint density at radius 3 is 2.35 bits per heavy atom. The first kappa shape index (κ1) is 12.0. The molecule has 2 aromatic heterocycles. The fourth-order valence-corrected chi connectivity index (χ4v) is 2.55. The van der Waals surface area contributed by atoms with Gasteiger partial charge in [0.1, 0.15) is 5.82 Å². The molecule has 17 heavy (non-hydrogen) atoms. The lowest BCUT2D eigenvalue weighted by atomic mass is 10.5. The van der Waals surface area contributed by atoms with Crippen LogP contribution in [0.1, 0.15) is 0 Å². The fourth-order valence-electron chi connectivity index (χ4n) is 1.19. The Bertz CT molecular complexity index is 572. The number of hydrogen-bond acceptors (Lipinski definition) is 5. The molecule has 0 fully saturated rings. The number of anilines is 1. The van der Waals surface area contributed by atoms with Crippen molar-refractivity contribution in [2.24, 2.45) is 0 Å². The highest BCUT2D eigenvalue weighted by atomic mass is 79.9. The summed E-state index contributed by atoms with van der Waals surface area (Å²) in [5.41, 5.74) is 5.40. The first-order valence-corrected chi connectivity index (χ1v) is 6.86. The first-order chi connectivity index (χ1) is 8.00. The third-order valence-electron chi connectivity index (χ3n) is 2.05. The quantitative estimate of drug-likeness (QED) is 0.911. The molecular formula is C10H8BrN3O2S. The van der Waals surface area contributed by atoms with Crippen molar-refractivity contribution >= 4 is 31.6 Å². The number of pyridine rings is 2. The van der Waals surface area contributed by atoms with E-state index in [1.54, 1.807) is 6.07 Å². The molecule has 88 valence electrons. The normalized spacial score (nSPS) is 11.4. The topological polar surface area (TPSA) is 85.9 Å². The van der Waals surface area contributed by atoms with E-state index in [1.807, 2.05) is 0 Å². The first-order valence-electron chi connectivity index (χ1n) is 4.58. The van der Waals surface area contributed by atoms with Crippen LogP contribution in [0.5, 0.6) is 0 Å². The molecule has 0 aromatic carbocycles. The summed E-state index contributed by atoms with van der Waals surface area (Å²) in [7, 11) is -3.62. The zero-order valence-electron chi connectivity index (χ0n) is 8.54. The van der Waals surface area contributed by atoms with Crippen LogP contribution in [0.4, 0.5) is 5.82 Å². The molecule has 0 unspecified atom stereocenters. The molecule has 0 radical (unpaired) electrons. The maximum atomic E-state index is 12.1. The number of nitrogens with two attached hydrogens (primary N) is 1. The van der Waals surface area contributed by atoms with Crippen LogP contribution in [0.25, 0.3) is 0 Å². The summed E-state index contributed by atoms with van der Waals surface area (Å²) < 4.78 is 24.9. The molecule has 2 heterocycles. The Hall–Kier alpha value is -1.47. The van der Waals surface area contributed by atoms with Gasteiger partial charge in [-0.3, -0.25) is 0 Å². The van der Waals surface area contributed by atoms with Crippen LogP contribution in [0, 0.1) is 0 Å². The van der Waals surface area contributed by atoms with Crippen molar-refractivity contribution in [3.8, 4) is 0 Å². The molecule has 2 aromatic rings. The van der Waals surface area contributed by atoms with Crippen LogP contribution in [-0.4, -0.2) is 18.4 Å². The molecule has 0 saturated heterocycles. The van der Waals surface area contributed by atoms with Crippen LogP contribution in [0.2, 0.25) is 0 Å². The predicted octanol–water partition coefficient (Wildman–Crippen LogP) is 1.65. The van der Waals surface area contributed by atoms with E-state index >= 15 is 0 Å². The smallest absolute Gasteiger partial charge is 0.225 e. The van der Waals surface area contributed by atoms with Gasteiger partial charge in [0.25, 0.3) is 0 Å². The Morgan fingerprint density at radius 2 is 1.82 bits per heavy atom. The van der Waals surface area contributed by atoms with E-state index in [-0.39, 0.29) is 15.7 Å². The second-order valence-electron chi connectivity index (χ2n) is 3.24. The van der Waals surface area contributed by atoms with E-state index < -0.39 is 9.84 Å². The van der Waals surface area contributed by atoms with Gasteiger partial charge < -0.3 is 5.73 Å². The third-order valence-corrected chi connectivity index (χ3v) is 4.17. The molecular weight excluding hydrogens is 306 g/mol. The van der Waals surface area contributed by atoms with Crippen molar-refractivity contribution in [3.63, 3.8) is 0 Å². The summed E-state index contributed by atoms with van der Waals surface area (Å²) in [6, 6.07) is 5.88. The lowest BCUT2D eigenvalue weighted by molar-refractivity contribution is 0.592. The molecule has 0 amide bonds. The second-order valence-corrected chi connectivity index (χ2v) is 6.05. The van der Waals surface area contributed by atoms with Crippen LogP contribution >= 0.6 is 15.9 Å².